The van der Waals surface area contributed by atoms with Gasteiger partial charge in [-0.2, -0.15) is 0 Å². The predicted molar refractivity (Wildman–Crippen MR) is 440 cm³/mol. The highest BCUT2D eigenvalue weighted by molar-refractivity contribution is 5.94. The summed E-state index contributed by atoms with van der Waals surface area (Å²) in [6.45, 7) is -10.2. The van der Waals surface area contributed by atoms with E-state index in [0.29, 0.717) is 0 Å². The van der Waals surface area contributed by atoms with Crippen LogP contribution in [0.15, 0.2) is 48.5 Å². The summed E-state index contributed by atoms with van der Waals surface area (Å²) in [4.78, 5) is 139. The summed E-state index contributed by atoms with van der Waals surface area (Å²) < 4.78 is 38.3. The first kappa shape index (κ1) is 113. The van der Waals surface area contributed by atoms with Crippen molar-refractivity contribution in [2.24, 2.45) is 0 Å². The fraction of sp³-hybridized carbons (Fsp3) is 0.722. The molecule has 17 atom stereocenters. The van der Waals surface area contributed by atoms with E-state index in [-0.39, 0.29) is 131 Å². The summed E-state index contributed by atoms with van der Waals surface area (Å²) >= 11 is 0. The van der Waals surface area contributed by atoms with Crippen LogP contribution in [-0.4, -0.2) is 532 Å². The van der Waals surface area contributed by atoms with E-state index >= 15 is 0 Å². The average molecular weight is 1830 g/mol. The van der Waals surface area contributed by atoms with Gasteiger partial charge in [-0.25, -0.2) is 4.79 Å². The van der Waals surface area contributed by atoms with E-state index in [1.807, 2.05) is 48.5 Å². The lowest BCUT2D eigenvalue weighted by atomic mass is 9.98. The van der Waals surface area contributed by atoms with E-state index in [0.717, 1.165) is 56.6 Å². The monoisotopic (exact) mass is 1830 g/mol. The van der Waals surface area contributed by atoms with Gasteiger partial charge in [-0.15, -0.1) is 0 Å². The number of rotatable bonds is 68. The van der Waals surface area contributed by atoms with E-state index < -0.39 is 261 Å². The number of nitrogens with zero attached hydrogens (tertiary/aromatic N) is 7. The molecule has 1 unspecified atom stereocenters. The molecule has 2 aromatic rings. The summed E-state index contributed by atoms with van der Waals surface area (Å²) in [6, 6.07) is 14.4. The van der Waals surface area contributed by atoms with E-state index in [1.165, 1.54) is 35.2 Å². The number of nitrogens with one attached hydrogen (secondary N) is 4. The minimum atomic E-state index is -2.15. The maximum Gasteiger partial charge on any atom is 0.407 e. The molecule has 3 rings (SSSR count). The van der Waals surface area contributed by atoms with Crippen molar-refractivity contribution in [1.29, 1.82) is 0 Å². The number of fused-ring (bicyclic) bond motifs is 3. The summed E-state index contributed by atoms with van der Waals surface area (Å²) in [5.41, 5.74) is 4.43. The molecule has 1 aliphatic carbocycles. The lowest BCUT2D eigenvalue weighted by Crippen LogP contribution is -2.54. The Hall–Kier alpha value is -8.14. The van der Waals surface area contributed by atoms with Crippen LogP contribution in [0.1, 0.15) is 42.7 Å². The van der Waals surface area contributed by atoms with E-state index in [1.54, 1.807) is 0 Å². The number of alkyl carbamates (subject to hydrolysis) is 1. The van der Waals surface area contributed by atoms with Gasteiger partial charge in [0.05, 0.1) is 164 Å². The molecule has 127 heavy (non-hydrogen) atoms. The zero-order valence-electron chi connectivity index (χ0n) is 72.1. The topological polar surface area (TPSA) is 711 Å². The van der Waals surface area contributed by atoms with E-state index in [2.05, 4.69) is 21.3 Å². The molecule has 0 saturated heterocycles. The van der Waals surface area contributed by atoms with Gasteiger partial charge < -0.3 is 186 Å². The Morgan fingerprint density at radius 3 is 1.13 bits per heavy atom. The molecule has 48 nitrogen and oxygen atoms in total. The summed E-state index contributed by atoms with van der Waals surface area (Å²) in [6.07, 6.45) is -34.2. The predicted octanol–water partition coefficient (Wildman–Crippen LogP) is -13.9. The molecule has 0 saturated carbocycles. The van der Waals surface area contributed by atoms with Gasteiger partial charge in [-0.05, 0) is 41.6 Å². The van der Waals surface area contributed by atoms with Crippen LogP contribution < -0.4 is 21.3 Å². The lowest BCUT2D eigenvalue weighted by molar-refractivity contribution is -0.149. The highest BCUT2D eigenvalue weighted by Crippen LogP contribution is 2.44. The standard InChI is InChI=1S/C79H133N11O37/c1-84(38-63(104)80-18-23-123-27-31-126-30-26-122-22-17-65(106)90(36-56(97)72(113)76(117)60(101)45-93)37-57(98)73(114)77(118)61(102)46-94)68(109)41-87(4)69(110)42-88(5)78(119)53(15-10-20-89(34-54(95)70(111)74(115)58(99)43-91)35-55(96)71(112)75(116)59(100)44-92)83-64(105)39-85(2)67(108)40-86(3)66(107)33-82-62(103)16-21-121-25-29-125-32-28-124-24-19-81-79(120)127-47-52-50-13-8-6-11-48(50)49-12-7-9-14-51(49)52/h6-9,11-14,52-61,70-77,91-102,111-118H,10,15-47H2,1-5H3,(H,80,104)(H,81,120)(H,82,103)(H,83,105)/t53?,54-,55-,56-,57-,58+,59+,60+,61+,70+,71+,72+,73+,74+,75+,76+,77+/m0/s1. The second-order valence-corrected chi connectivity index (χ2v) is 30.3. The number of hydrogen-bond donors (Lipinski definition) is 24. The van der Waals surface area contributed by atoms with Gasteiger partial charge in [0.2, 0.25) is 53.2 Å². The Morgan fingerprint density at radius 1 is 0.362 bits per heavy atom. The zero-order chi connectivity index (χ0) is 95.0. The van der Waals surface area contributed by atoms with Gasteiger partial charge in [-0.1, -0.05) is 48.5 Å². The van der Waals surface area contributed by atoms with E-state index in [9.17, 15) is 140 Å². The Labute approximate surface area is 734 Å². The highest BCUT2D eigenvalue weighted by Gasteiger charge is 2.39. The van der Waals surface area contributed by atoms with Crippen molar-refractivity contribution in [3.05, 3.63) is 59.7 Å². The van der Waals surface area contributed by atoms with E-state index in [4.69, 9.17) is 43.4 Å². The zero-order valence-corrected chi connectivity index (χ0v) is 72.1. The first-order chi connectivity index (χ1) is 60.2. The molecule has 0 bridgehead atoms. The molecule has 0 fully saturated rings. The normalized spacial score (nSPS) is 16.0. The van der Waals surface area contributed by atoms with Crippen molar-refractivity contribution >= 4 is 59.3 Å². The third kappa shape index (κ3) is 41.2. The number of aliphatic hydroxyl groups is 20. The molecule has 2 aromatic carbocycles. The largest absolute Gasteiger partial charge is 0.449 e. The van der Waals surface area contributed by atoms with Crippen LogP contribution in [0.25, 0.3) is 11.1 Å². The Morgan fingerprint density at radius 2 is 0.709 bits per heavy atom. The molecule has 0 radical (unpaired) electrons. The Kier molecular flexibility index (Phi) is 54.7. The molecule has 0 aromatic heterocycles. The summed E-state index contributed by atoms with van der Waals surface area (Å²) in [7, 11) is 6.10. The lowest BCUT2D eigenvalue weighted by Gasteiger charge is -2.34. The molecule has 726 valence electrons. The number of ether oxygens (including phenoxy) is 7. The van der Waals surface area contributed by atoms with Crippen LogP contribution in [0.4, 0.5) is 4.79 Å². The Bertz CT molecular complexity index is 3470. The molecule has 24 N–H and O–H groups in total. The number of aliphatic hydroxyl groups excluding tert-OH is 20. The summed E-state index contributed by atoms with van der Waals surface area (Å²) in [5, 5.41) is 212. The van der Waals surface area contributed by atoms with Gasteiger partial charge in [-0.3, -0.25) is 48.1 Å². The molecule has 0 aliphatic heterocycles. The third-order valence-electron chi connectivity index (χ3n) is 20.2. The van der Waals surface area contributed by atoms with Crippen molar-refractivity contribution < 1.29 is 183 Å². The van der Waals surface area contributed by atoms with Gasteiger partial charge in [0.15, 0.2) is 0 Å². The fourth-order valence-electron chi connectivity index (χ4n) is 12.5. The molecular weight excluding hydrogens is 1690 g/mol. The molecule has 1 aliphatic rings. The second kappa shape index (κ2) is 61.4. The first-order valence-electron chi connectivity index (χ1n) is 41.2. The number of amides is 10. The number of hydrogen-bond acceptors (Lipinski definition) is 38. The van der Waals surface area contributed by atoms with Gasteiger partial charge >= 0.3 is 6.09 Å². The number of likely N-dealkylation sites (N-methyl/N-ethyl adjacent to an activating group) is 5. The highest BCUT2D eigenvalue weighted by atomic mass is 16.6. The number of carbonyl (C=O) groups is 10. The number of benzene rings is 2. The number of carbonyl (C=O) groups excluding carboxylic acids is 10. The van der Waals surface area contributed by atoms with Crippen molar-refractivity contribution in [1.82, 2.24) is 55.6 Å². The van der Waals surface area contributed by atoms with Gasteiger partial charge in [0, 0.05) is 86.8 Å². The SMILES string of the molecule is CN(CC(=O)NCCOCCOCCOCCC(=O)N(C[C@H](O)[C@@H](O)[C@H](O)[C@H](O)CO)C[C@H](O)[C@@H](O)[C@H](O)[C@H](O)CO)C(=O)CN(C)C(=O)CN(C)C(=O)C(CCCN(C[C@H](O)[C@@H](O)[C@H](O)[C@H](O)CO)C[C@H](O)[C@@H](O)[C@H](O)[C@H](O)CO)NC(=O)CN(C)C(=O)CN(C)C(=O)CNC(=O)CCOCCOCCOCCNC(=O)OCC1c2ccccc2-c2ccccc21. The van der Waals surface area contributed by atoms with Crippen molar-refractivity contribution in [3.8, 4) is 11.1 Å². The van der Waals surface area contributed by atoms with Crippen molar-refractivity contribution in [3.63, 3.8) is 0 Å². The fourth-order valence-corrected chi connectivity index (χ4v) is 12.5. The maximum absolute atomic E-state index is 14.4. The molecular formula is C79H133N11O37. The molecule has 48 heteroatoms. The minimum Gasteiger partial charge on any atom is -0.449 e. The van der Waals surface area contributed by atoms with Gasteiger partial charge in [0.25, 0.3) is 0 Å². The Balaban J connectivity index is 1.50. The van der Waals surface area contributed by atoms with Crippen molar-refractivity contribution in [2.75, 3.05) is 233 Å². The third-order valence-corrected chi connectivity index (χ3v) is 20.2. The quantitative estimate of drug-likeness (QED) is 0.0274. The second-order valence-electron chi connectivity index (χ2n) is 30.3. The van der Waals surface area contributed by atoms with Crippen LogP contribution in [0.2, 0.25) is 0 Å². The first-order valence-corrected chi connectivity index (χ1v) is 41.2. The molecule has 10 amide bonds. The van der Waals surface area contributed by atoms with Crippen LogP contribution in [-0.2, 0) is 76.3 Å². The minimum absolute atomic E-state index is 0.0113. The summed E-state index contributed by atoms with van der Waals surface area (Å²) in [5.74, 6) is -7.10. The smallest absolute Gasteiger partial charge is 0.407 e. The average Bonchev–Trinajstić information content (AvgIpc) is 1.61. The van der Waals surface area contributed by atoms with Gasteiger partial charge in [0.1, 0.15) is 98.1 Å². The van der Waals surface area contributed by atoms with Crippen LogP contribution in [0, 0.1) is 0 Å². The van der Waals surface area contributed by atoms with Crippen LogP contribution in [0.3, 0.4) is 0 Å². The van der Waals surface area contributed by atoms with Crippen LogP contribution in [0.5, 0.6) is 0 Å². The van der Waals surface area contributed by atoms with Crippen molar-refractivity contribution in [2.45, 2.75) is 135 Å². The van der Waals surface area contributed by atoms with Crippen LogP contribution >= 0.6 is 0 Å². The molecule has 0 spiro atoms. The maximum atomic E-state index is 14.4. The molecule has 0 heterocycles.